The number of alkyl halides is 3. The van der Waals surface area contributed by atoms with Crippen molar-refractivity contribution in [2.75, 3.05) is 0 Å². The van der Waals surface area contributed by atoms with Crippen molar-refractivity contribution < 1.29 is 22.7 Å². The summed E-state index contributed by atoms with van der Waals surface area (Å²) in [5.74, 6) is -0.785. The standard InChI is InChI=1S/C11H17F3O2/c1-9(2,3)8(15)16-10(11(12,13)14)6-4-5-7-10/h4-7H2,1-3H3. The fourth-order valence-corrected chi connectivity index (χ4v) is 1.72. The first-order valence-corrected chi connectivity index (χ1v) is 5.39. The summed E-state index contributed by atoms with van der Waals surface area (Å²) in [6.45, 7) is 4.65. The first-order valence-electron chi connectivity index (χ1n) is 5.39. The van der Waals surface area contributed by atoms with Gasteiger partial charge in [0.05, 0.1) is 5.41 Å². The van der Waals surface area contributed by atoms with Crippen molar-refractivity contribution in [3.05, 3.63) is 0 Å². The molecule has 0 aromatic heterocycles. The van der Waals surface area contributed by atoms with Crippen molar-refractivity contribution in [1.82, 2.24) is 0 Å². The SMILES string of the molecule is CC(C)(C)C(=O)OC1(C(F)(F)F)CCCC1. The van der Waals surface area contributed by atoms with Crippen LogP contribution in [0, 0.1) is 5.41 Å². The van der Waals surface area contributed by atoms with Crippen LogP contribution in [0.25, 0.3) is 0 Å². The second kappa shape index (κ2) is 3.93. The largest absolute Gasteiger partial charge is 0.449 e. The van der Waals surface area contributed by atoms with E-state index in [1.165, 1.54) is 0 Å². The van der Waals surface area contributed by atoms with E-state index >= 15 is 0 Å². The summed E-state index contributed by atoms with van der Waals surface area (Å²) in [5.41, 5.74) is -3.14. The van der Waals surface area contributed by atoms with E-state index in [9.17, 15) is 18.0 Å². The van der Waals surface area contributed by atoms with Crippen LogP contribution in [0.3, 0.4) is 0 Å². The summed E-state index contributed by atoms with van der Waals surface area (Å²) < 4.78 is 43.4. The van der Waals surface area contributed by atoms with Gasteiger partial charge >= 0.3 is 12.1 Å². The summed E-state index contributed by atoms with van der Waals surface area (Å²) in [6.07, 6.45) is -3.78. The molecule has 0 heterocycles. The second-order valence-electron chi connectivity index (χ2n) is 5.34. The molecule has 5 heteroatoms. The van der Waals surface area contributed by atoms with Crippen LogP contribution in [0.5, 0.6) is 0 Å². The minimum Gasteiger partial charge on any atom is -0.449 e. The molecule has 0 atom stereocenters. The molecule has 0 aliphatic heterocycles. The van der Waals surface area contributed by atoms with Crippen molar-refractivity contribution in [2.45, 2.75) is 58.2 Å². The summed E-state index contributed by atoms with van der Waals surface area (Å²) in [4.78, 5) is 11.6. The first-order chi connectivity index (χ1) is 7.08. The Morgan fingerprint density at radius 3 is 1.88 bits per heavy atom. The fraction of sp³-hybridized carbons (Fsp3) is 0.909. The van der Waals surface area contributed by atoms with Crippen molar-refractivity contribution in [2.24, 2.45) is 5.41 Å². The number of halogens is 3. The van der Waals surface area contributed by atoms with Crippen molar-refractivity contribution in [3.8, 4) is 0 Å². The molecule has 0 unspecified atom stereocenters. The maximum absolute atomic E-state index is 12.9. The Kier molecular flexibility index (Phi) is 3.27. The van der Waals surface area contributed by atoms with Gasteiger partial charge in [-0.05, 0) is 46.5 Å². The third-order valence-corrected chi connectivity index (χ3v) is 2.83. The Balaban J connectivity index is 2.86. The number of ether oxygens (including phenoxy) is 1. The smallest absolute Gasteiger partial charge is 0.428 e. The number of hydrogen-bond donors (Lipinski definition) is 0. The lowest BCUT2D eigenvalue weighted by Gasteiger charge is -2.33. The van der Waals surface area contributed by atoms with E-state index in [1.807, 2.05) is 0 Å². The summed E-state index contributed by atoms with van der Waals surface area (Å²) in [5, 5.41) is 0. The van der Waals surface area contributed by atoms with Crippen LogP contribution in [0.1, 0.15) is 46.5 Å². The van der Waals surface area contributed by atoms with E-state index in [1.54, 1.807) is 20.8 Å². The van der Waals surface area contributed by atoms with Crippen molar-refractivity contribution in [1.29, 1.82) is 0 Å². The Morgan fingerprint density at radius 2 is 1.56 bits per heavy atom. The van der Waals surface area contributed by atoms with Gasteiger partial charge in [0.25, 0.3) is 0 Å². The summed E-state index contributed by atoms with van der Waals surface area (Å²) in [7, 11) is 0. The number of rotatable bonds is 1. The number of esters is 1. The highest BCUT2D eigenvalue weighted by Gasteiger charge is 2.59. The summed E-state index contributed by atoms with van der Waals surface area (Å²) in [6, 6.07) is 0. The number of carbonyl (C=O) groups excluding carboxylic acids is 1. The highest BCUT2D eigenvalue weighted by molar-refractivity contribution is 5.76. The topological polar surface area (TPSA) is 26.3 Å². The van der Waals surface area contributed by atoms with Crippen LogP contribution in [0.15, 0.2) is 0 Å². The predicted molar refractivity (Wildman–Crippen MR) is 52.8 cm³/mol. The molecule has 1 aliphatic carbocycles. The molecule has 1 fully saturated rings. The highest BCUT2D eigenvalue weighted by atomic mass is 19.4. The number of carbonyl (C=O) groups is 1. The maximum atomic E-state index is 12.9. The quantitative estimate of drug-likeness (QED) is 0.654. The zero-order chi connectivity index (χ0) is 12.6. The lowest BCUT2D eigenvalue weighted by molar-refractivity contribution is -0.271. The van der Waals surface area contributed by atoms with E-state index in [0.29, 0.717) is 12.8 Å². The Labute approximate surface area is 93.2 Å². The molecule has 0 radical (unpaired) electrons. The molecule has 1 aliphatic rings. The van der Waals surface area contributed by atoms with Gasteiger partial charge < -0.3 is 4.74 Å². The average Bonchev–Trinajstić information content (AvgIpc) is 2.50. The molecule has 16 heavy (non-hydrogen) atoms. The van der Waals surface area contributed by atoms with Crippen LogP contribution >= 0.6 is 0 Å². The van der Waals surface area contributed by atoms with E-state index in [0.717, 1.165) is 0 Å². The highest BCUT2D eigenvalue weighted by Crippen LogP contribution is 2.46. The van der Waals surface area contributed by atoms with E-state index in [2.05, 4.69) is 0 Å². The van der Waals surface area contributed by atoms with Gasteiger partial charge in [0.2, 0.25) is 5.60 Å². The van der Waals surface area contributed by atoms with Crippen LogP contribution in [-0.4, -0.2) is 17.7 Å². The zero-order valence-electron chi connectivity index (χ0n) is 9.78. The van der Waals surface area contributed by atoms with E-state index < -0.39 is 23.2 Å². The van der Waals surface area contributed by atoms with Crippen LogP contribution in [0.4, 0.5) is 13.2 Å². The third-order valence-electron chi connectivity index (χ3n) is 2.83. The molecule has 0 N–H and O–H groups in total. The molecule has 0 aromatic carbocycles. The van der Waals surface area contributed by atoms with Crippen molar-refractivity contribution in [3.63, 3.8) is 0 Å². The molecule has 1 rings (SSSR count). The normalized spacial score (nSPS) is 20.9. The lowest BCUT2D eigenvalue weighted by atomic mass is 9.95. The van der Waals surface area contributed by atoms with Crippen LogP contribution in [0.2, 0.25) is 0 Å². The molecular formula is C11H17F3O2. The molecule has 2 nitrogen and oxygen atoms in total. The molecule has 0 bridgehead atoms. The van der Waals surface area contributed by atoms with Gasteiger partial charge in [0.1, 0.15) is 0 Å². The Hall–Kier alpha value is -0.740. The van der Waals surface area contributed by atoms with Crippen molar-refractivity contribution >= 4 is 5.97 Å². The van der Waals surface area contributed by atoms with Gasteiger partial charge in [0.15, 0.2) is 0 Å². The van der Waals surface area contributed by atoms with Gasteiger partial charge in [-0.25, -0.2) is 0 Å². The van der Waals surface area contributed by atoms with Gasteiger partial charge in [-0.1, -0.05) is 0 Å². The monoisotopic (exact) mass is 238 g/mol. The van der Waals surface area contributed by atoms with Crippen LogP contribution in [-0.2, 0) is 9.53 Å². The van der Waals surface area contributed by atoms with E-state index in [4.69, 9.17) is 4.74 Å². The maximum Gasteiger partial charge on any atom is 0.428 e. The lowest BCUT2D eigenvalue weighted by Crippen LogP contribution is -2.48. The Morgan fingerprint density at radius 1 is 1.12 bits per heavy atom. The predicted octanol–water partition coefficient (Wildman–Crippen LogP) is 3.45. The van der Waals surface area contributed by atoms with Gasteiger partial charge in [-0.3, -0.25) is 4.79 Å². The zero-order valence-corrected chi connectivity index (χ0v) is 9.78. The fourth-order valence-electron chi connectivity index (χ4n) is 1.72. The second-order valence-corrected chi connectivity index (χ2v) is 5.34. The molecular weight excluding hydrogens is 221 g/mol. The molecule has 0 aromatic rings. The molecule has 1 saturated carbocycles. The number of hydrogen-bond acceptors (Lipinski definition) is 2. The minimum atomic E-state index is -4.47. The summed E-state index contributed by atoms with van der Waals surface area (Å²) >= 11 is 0. The van der Waals surface area contributed by atoms with Gasteiger partial charge in [-0.15, -0.1) is 0 Å². The molecule has 0 amide bonds. The molecule has 0 saturated heterocycles. The van der Waals surface area contributed by atoms with Gasteiger partial charge in [0, 0.05) is 0 Å². The van der Waals surface area contributed by atoms with Crippen LogP contribution < -0.4 is 0 Å². The third kappa shape index (κ3) is 2.50. The van der Waals surface area contributed by atoms with Gasteiger partial charge in [-0.2, -0.15) is 13.2 Å². The van der Waals surface area contributed by atoms with E-state index in [-0.39, 0.29) is 12.8 Å². The average molecular weight is 238 g/mol. The molecule has 0 spiro atoms. The minimum absolute atomic E-state index is 0.113. The Bertz CT molecular complexity index is 270. The first kappa shape index (κ1) is 13.3. The molecule has 94 valence electrons.